The van der Waals surface area contributed by atoms with E-state index < -0.39 is 24.5 Å². The topological polar surface area (TPSA) is 138 Å². The average Bonchev–Trinajstić information content (AvgIpc) is 1.59. The molecule has 0 bridgehead atoms. The maximum atomic E-state index is 9.52. The second-order valence-electron chi connectivity index (χ2n) is 1.09. The van der Waals surface area contributed by atoms with E-state index in [-0.39, 0.29) is 0 Å². The van der Waals surface area contributed by atoms with Crippen molar-refractivity contribution in [3.05, 3.63) is 0 Å². The predicted molar refractivity (Wildman–Crippen MR) is 23.0 cm³/mol. The zero-order valence-electron chi connectivity index (χ0n) is 4.16. The minimum absolute atomic E-state index is 1.79. The highest BCUT2D eigenvalue weighted by Gasteiger charge is 2.14. The van der Waals surface area contributed by atoms with Gasteiger partial charge >= 0.3 is 0 Å². The standard InChI is InChI=1S/H3NO7S2/c2-1(9(3,4)5)10(6,7)8/h2H,(H,3,4,5)(H,6,7,8)/p-2. The van der Waals surface area contributed by atoms with Gasteiger partial charge in [0.25, 0.3) is 0 Å². The maximum absolute atomic E-state index is 9.52. The molecule has 0 aromatic heterocycles. The van der Waals surface area contributed by atoms with Gasteiger partial charge in [-0.1, -0.05) is 0 Å². The molecule has 0 aromatic rings. The molecular weight excluding hydrogens is 190 g/mol. The molecule has 0 rings (SSSR count). The van der Waals surface area contributed by atoms with E-state index in [1.165, 1.54) is 0 Å². The Bertz CT molecular complexity index is 260. The highest BCUT2D eigenvalue weighted by molar-refractivity contribution is 7.98. The van der Waals surface area contributed by atoms with E-state index in [4.69, 9.17) is 5.21 Å². The quantitative estimate of drug-likeness (QED) is 0.379. The molecule has 0 aliphatic carbocycles. The van der Waals surface area contributed by atoms with Crippen LogP contribution in [0.4, 0.5) is 0 Å². The summed E-state index contributed by atoms with van der Waals surface area (Å²) in [6.07, 6.45) is 0. The van der Waals surface area contributed by atoms with E-state index in [1.807, 2.05) is 0 Å². The van der Waals surface area contributed by atoms with Crippen LogP contribution in [0.3, 0.4) is 0 Å². The molecule has 0 radical (unpaired) electrons. The van der Waals surface area contributed by atoms with Crippen LogP contribution in [0.2, 0.25) is 0 Å². The lowest BCUT2D eigenvalue weighted by Crippen LogP contribution is -2.32. The molecule has 0 saturated heterocycles. The highest BCUT2D eigenvalue weighted by Crippen LogP contribution is 1.96. The van der Waals surface area contributed by atoms with E-state index in [2.05, 4.69) is 0 Å². The van der Waals surface area contributed by atoms with Crippen molar-refractivity contribution in [2.75, 3.05) is 0 Å². The van der Waals surface area contributed by atoms with Crippen molar-refractivity contribution in [1.82, 2.24) is 3.87 Å². The number of rotatable bonds is 2. The summed E-state index contributed by atoms with van der Waals surface area (Å²) in [5, 5.41) is 7.75. The molecule has 0 saturated carbocycles. The van der Waals surface area contributed by atoms with Gasteiger partial charge in [0.05, 0.1) is 0 Å². The van der Waals surface area contributed by atoms with Crippen molar-refractivity contribution < 1.29 is 31.1 Å². The molecule has 62 valence electrons. The third kappa shape index (κ3) is 2.55. The molecule has 0 amide bonds. The molecule has 1 N–H and O–H groups in total. The first kappa shape index (κ1) is 9.74. The van der Waals surface area contributed by atoms with Gasteiger partial charge in [-0.05, 0) is 0 Å². The first-order chi connectivity index (χ1) is 4.15. The van der Waals surface area contributed by atoms with Crippen LogP contribution in [0, 0.1) is 0 Å². The Hall–Kier alpha value is -0.260. The third-order valence-corrected chi connectivity index (χ3v) is 2.24. The number of hydrogen-bond acceptors (Lipinski definition) is 7. The zero-order chi connectivity index (χ0) is 8.58. The lowest BCUT2D eigenvalue weighted by atomic mass is 13.5. The van der Waals surface area contributed by atoms with Crippen molar-refractivity contribution in [2.24, 2.45) is 0 Å². The van der Waals surface area contributed by atoms with Crippen molar-refractivity contribution in [3.63, 3.8) is 0 Å². The summed E-state index contributed by atoms with van der Waals surface area (Å²) in [6, 6.07) is 0. The summed E-state index contributed by atoms with van der Waals surface area (Å²) in [7, 11) is -11.2. The van der Waals surface area contributed by atoms with Crippen molar-refractivity contribution in [1.29, 1.82) is 0 Å². The lowest BCUT2D eigenvalue weighted by Gasteiger charge is -2.19. The molecule has 0 fully saturated rings. The van der Waals surface area contributed by atoms with Crippen molar-refractivity contribution in [2.45, 2.75) is 0 Å². The Morgan fingerprint density at radius 2 is 1.20 bits per heavy atom. The van der Waals surface area contributed by atoms with Gasteiger partial charge in [0.2, 0.25) is 0 Å². The van der Waals surface area contributed by atoms with Crippen molar-refractivity contribution >= 4 is 20.6 Å². The molecule has 0 atom stereocenters. The molecule has 10 heteroatoms. The van der Waals surface area contributed by atoms with Crippen LogP contribution in [0.15, 0.2) is 0 Å². The van der Waals surface area contributed by atoms with Crippen LogP contribution < -0.4 is 0 Å². The average molecular weight is 191 g/mol. The molecule has 0 spiro atoms. The minimum Gasteiger partial charge on any atom is -0.733 e. The monoisotopic (exact) mass is 191 g/mol. The molecule has 0 unspecified atom stereocenters. The van der Waals surface area contributed by atoms with Crippen LogP contribution in [-0.4, -0.2) is 35.0 Å². The summed E-state index contributed by atoms with van der Waals surface area (Å²) in [5.74, 6) is 0. The molecule has 8 nitrogen and oxygen atoms in total. The summed E-state index contributed by atoms with van der Waals surface area (Å²) < 4.78 is 55.3. The van der Waals surface area contributed by atoms with Gasteiger partial charge in [0, 0.05) is 3.87 Å². The first-order valence-corrected chi connectivity index (χ1v) is 4.30. The smallest absolute Gasteiger partial charge is 0.197 e. The summed E-state index contributed by atoms with van der Waals surface area (Å²) in [6.45, 7) is 0. The van der Waals surface area contributed by atoms with Crippen LogP contribution in [0.25, 0.3) is 0 Å². The van der Waals surface area contributed by atoms with Gasteiger partial charge in [-0.3, -0.25) is 5.21 Å². The minimum atomic E-state index is -5.62. The van der Waals surface area contributed by atoms with E-state index in [9.17, 15) is 25.9 Å². The van der Waals surface area contributed by atoms with Crippen LogP contribution in [-0.2, 0) is 20.6 Å². The fraction of sp³-hybridized carbons (Fsp3) is 0. The van der Waals surface area contributed by atoms with E-state index in [1.54, 1.807) is 0 Å². The third-order valence-electron chi connectivity index (χ3n) is 0.383. The highest BCUT2D eigenvalue weighted by atomic mass is 32.3. The Kier molecular flexibility index (Phi) is 2.35. The molecular formula is HNO7S2-2. The second-order valence-corrected chi connectivity index (χ2v) is 3.73. The Balaban J connectivity index is 4.94. The fourth-order valence-corrected chi connectivity index (χ4v) is 1.01. The lowest BCUT2D eigenvalue weighted by molar-refractivity contribution is 0.0689. The SMILES string of the molecule is O=S(=O)([O-])N(O)S(=O)(=O)[O-]. The summed E-state index contributed by atoms with van der Waals surface area (Å²) in [4.78, 5) is 0. The predicted octanol–water partition coefficient (Wildman–Crippen LogP) is -2.40. The Morgan fingerprint density at radius 3 is 1.20 bits per heavy atom. The fourth-order valence-electron chi connectivity index (χ4n) is 0.112. The van der Waals surface area contributed by atoms with Crippen LogP contribution >= 0.6 is 0 Å². The van der Waals surface area contributed by atoms with Crippen LogP contribution in [0.1, 0.15) is 0 Å². The molecule has 10 heavy (non-hydrogen) atoms. The van der Waals surface area contributed by atoms with Crippen molar-refractivity contribution in [3.8, 4) is 0 Å². The number of nitrogens with zero attached hydrogens (tertiary/aromatic N) is 1. The van der Waals surface area contributed by atoms with Gasteiger partial charge in [-0.2, -0.15) is 0 Å². The van der Waals surface area contributed by atoms with E-state index in [0.29, 0.717) is 0 Å². The molecule has 0 aromatic carbocycles. The molecule has 0 aliphatic heterocycles. The first-order valence-electron chi connectivity index (χ1n) is 1.57. The van der Waals surface area contributed by atoms with Gasteiger partial charge in [-0.25, -0.2) is 16.8 Å². The maximum Gasteiger partial charge on any atom is 0.197 e. The van der Waals surface area contributed by atoms with Gasteiger partial charge in [0.1, 0.15) is 0 Å². The summed E-state index contributed by atoms with van der Waals surface area (Å²) >= 11 is 0. The van der Waals surface area contributed by atoms with Crippen LogP contribution in [0.5, 0.6) is 0 Å². The summed E-state index contributed by atoms with van der Waals surface area (Å²) in [5.41, 5.74) is 0. The van der Waals surface area contributed by atoms with Gasteiger partial charge < -0.3 is 9.11 Å². The second kappa shape index (κ2) is 2.41. The molecule has 0 heterocycles. The normalized spacial score (nSPS) is 14.0. The zero-order valence-corrected chi connectivity index (χ0v) is 5.79. The largest absolute Gasteiger partial charge is 0.733 e. The van der Waals surface area contributed by atoms with Gasteiger partial charge in [-0.15, -0.1) is 0 Å². The van der Waals surface area contributed by atoms with E-state index >= 15 is 0 Å². The van der Waals surface area contributed by atoms with Gasteiger partial charge in [0.15, 0.2) is 20.6 Å². The Labute approximate surface area is 56.4 Å². The molecule has 0 aliphatic rings. The Morgan fingerprint density at radius 1 is 1.00 bits per heavy atom. The number of hydrogen-bond donors (Lipinski definition) is 1. The van der Waals surface area contributed by atoms with E-state index in [0.717, 1.165) is 0 Å².